The summed E-state index contributed by atoms with van der Waals surface area (Å²) in [5.41, 5.74) is -2.79. The first-order chi connectivity index (χ1) is 39.4. The van der Waals surface area contributed by atoms with E-state index >= 15 is 0 Å². The van der Waals surface area contributed by atoms with Crippen molar-refractivity contribution in [2.75, 3.05) is 33.0 Å². The summed E-state index contributed by atoms with van der Waals surface area (Å²) in [6, 6.07) is 0. The molecule has 26 heteroatoms. The second kappa shape index (κ2) is 24.4. The molecule has 26 nitrogen and oxygen atoms in total. The zero-order valence-electron chi connectivity index (χ0n) is 49.0. The van der Waals surface area contributed by atoms with Gasteiger partial charge in [-0.15, -0.1) is 0 Å². The number of aliphatic carboxylic acids is 1. The number of hydrogen-bond donors (Lipinski definition) is 15. The molecule has 0 aromatic heterocycles. The number of rotatable bonds is 15. The summed E-state index contributed by atoms with van der Waals surface area (Å²) in [5, 5.41) is 165. The van der Waals surface area contributed by atoms with Gasteiger partial charge in [-0.2, -0.15) is 0 Å². The van der Waals surface area contributed by atoms with E-state index in [0.29, 0.717) is 50.5 Å². The van der Waals surface area contributed by atoms with Gasteiger partial charge in [0.15, 0.2) is 31.3 Å². The lowest BCUT2D eigenvalue weighted by Crippen LogP contribution is -2.70. The van der Waals surface area contributed by atoms with Gasteiger partial charge in [0.2, 0.25) is 0 Å². The Morgan fingerprint density at radius 1 is 0.631 bits per heavy atom. The van der Waals surface area contributed by atoms with Gasteiger partial charge >= 0.3 is 11.9 Å². The Hall–Kier alpha value is -2.46. The maximum absolute atomic E-state index is 13.8. The predicted octanol–water partition coefficient (Wildman–Crippen LogP) is -2.40. The number of aliphatic hydroxyl groups excluding tert-OH is 14. The summed E-state index contributed by atoms with van der Waals surface area (Å²) in [6.45, 7) is 12.9. The molecule has 8 fully saturated rings. The van der Waals surface area contributed by atoms with Crippen molar-refractivity contribution in [1.82, 2.24) is 0 Å². The molecular weight excluding hydrogens is 1110 g/mol. The molecule has 4 saturated carbocycles. The Morgan fingerprint density at radius 3 is 1.79 bits per heavy atom. The highest BCUT2D eigenvalue weighted by Gasteiger charge is 2.73. The lowest BCUT2D eigenvalue weighted by molar-refractivity contribution is -0.401. The lowest BCUT2D eigenvalue weighted by Gasteiger charge is -2.72. The molecule has 4 saturated heterocycles. The minimum absolute atomic E-state index is 0.0684. The summed E-state index contributed by atoms with van der Waals surface area (Å²) in [5.74, 6) is -2.99. The van der Waals surface area contributed by atoms with Gasteiger partial charge in [0.1, 0.15) is 91.6 Å². The molecule has 15 N–H and O–H groups in total. The average Bonchev–Trinajstić information content (AvgIpc) is 0.684. The third-order valence-electron chi connectivity index (χ3n) is 22.3. The highest BCUT2D eigenvalue weighted by molar-refractivity contribution is 5.87. The second-order valence-corrected chi connectivity index (χ2v) is 27.3. The Labute approximate surface area is 487 Å². The Balaban J connectivity index is 1.06. The van der Waals surface area contributed by atoms with Crippen LogP contribution in [0.1, 0.15) is 107 Å². The van der Waals surface area contributed by atoms with E-state index in [-0.39, 0.29) is 29.6 Å². The van der Waals surface area contributed by atoms with Crippen LogP contribution in [0.5, 0.6) is 0 Å². The van der Waals surface area contributed by atoms with Crippen LogP contribution < -0.4 is 0 Å². The predicted molar refractivity (Wildman–Crippen MR) is 285 cm³/mol. The largest absolute Gasteiger partial charge is 0.479 e. The molecular formula is C58H92O26. The average molecular weight is 1210 g/mol. The molecule has 480 valence electrons. The van der Waals surface area contributed by atoms with Crippen LogP contribution in [0.2, 0.25) is 0 Å². The van der Waals surface area contributed by atoms with Gasteiger partial charge in [-0.25, -0.2) is 9.59 Å². The zero-order valence-corrected chi connectivity index (χ0v) is 49.0. The standard InChI is InChI=1S/C58H92O26/c1-9-24(2)48(75)79-34-18-57(8)25(26-16-53(3,4)17-32(64)58(26,34)23-62)10-11-31-54(5)14-13-33(55(6,22-61)30(54)12-15-56(31,57)7)80-52-46(84-50-41(71)39(69)37(67)29(20-60)78-50)43(42(72)44(82-52)47(73)74)81-51-45(35(65)27(63)21-76-51)83-49-40(70)38(68)36(66)28(19-59)77-49/h9-10,26-46,49-52,59-72H,11-23H2,1-8H3,(H,73,74)/b24-9+/t26-,27-,28+,29+,30+,31+,32-,33-,34+,35-,36+,37-,38-,39-,40+,41+,42-,43-,44-,45+,46+,49-,50-,51-,52+,54-,55-,56+,57+,58+/m0/s1. The fourth-order valence-electron chi connectivity index (χ4n) is 17.1. The van der Waals surface area contributed by atoms with Crippen LogP contribution in [0.25, 0.3) is 0 Å². The second-order valence-electron chi connectivity index (χ2n) is 27.3. The summed E-state index contributed by atoms with van der Waals surface area (Å²) < 4.78 is 55.0. The lowest BCUT2D eigenvalue weighted by atomic mass is 9.33. The monoisotopic (exact) mass is 1200 g/mol. The van der Waals surface area contributed by atoms with Crippen molar-refractivity contribution < 1.29 is 129 Å². The fraction of sp³-hybridized carbons (Fsp3) is 0.897. The molecule has 84 heavy (non-hydrogen) atoms. The van der Waals surface area contributed by atoms with E-state index in [0.717, 1.165) is 5.57 Å². The van der Waals surface area contributed by atoms with Crippen LogP contribution in [-0.2, 0) is 52.2 Å². The fourth-order valence-corrected chi connectivity index (χ4v) is 17.1. The number of allylic oxidation sites excluding steroid dienone is 3. The normalized spacial score (nSPS) is 52.2. The van der Waals surface area contributed by atoms with Crippen molar-refractivity contribution in [3.8, 4) is 0 Å². The molecule has 4 aliphatic heterocycles. The van der Waals surface area contributed by atoms with E-state index in [1.165, 1.54) is 0 Å². The number of carboxylic acids is 1. The van der Waals surface area contributed by atoms with Crippen molar-refractivity contribution in [3.63, 3.8) is 0 Å². The first-order valence-electron chi connectivity index (χ1n) is 29.6. The van der Waals surface area contributed by atoms with E-state index < -0.39 is 207 Å². The van der Waals surface area contributed by atoms with Gasteiger partial charge in [0, 0.05) is 11.0 Å². The molecule has 0 aromatic rings. The van der Waals surface area contributed by atoms with Crippen LogP contribution in [0.15, 0.2) is 23.3 Å². The number of carboxylic acid groups (broad SMARTS) is 1. The van der Waals surface area contributed by atoms with Crippen LogP contribution in [0.3, 0.4) is 0 Å². The molecule has 0 amide bonds. The van der Waals surface area contributed by atoms with E-state index in [9.17, 15) is 86.2 Å². The van der Waals surface area contributed by atoms with Gasteiger partial charge in [-0.1, -0.05) is 59.3 Å². The molecule has 5 aliphatic carbocycles. The van der Waals surface area contributed by atoms with Crippen molar-refractivity contribution in [2.45, 2.75) is 242 Å². The minimum Gasteiger partial charge on any atom is -0.479 e. The molecule has 9 rings (SSSR count). The Bertz CT molecular complexity index is 2410. The third kappa shape index (κ3) is 10.8. The molecule has 0 unspecified atom stereocenters. The highest BCUT2D eigenvalue weighted by Crippen LogP contribution is 2.76. The van der Waals surface area contributed by atoms with E-state index in [1.54, 1.807) is 19.9 Å². The van der Waals surface area contributed by atoms with E-state index in [4.69, 9.17) is 42.6 Å². The summed E-state index contributed by atoms with van der Waals surface area (Å²) in [4.78, 5) is 27.0. The SMILES string of the molecule is C/C=C(\C)C(=O)O[C@@H]1C[C@]2(C)C(=CC[C@@H]3[C@@]4(C)CC[C@H](O[C@@H]5O[C@H](C(=O)O)[C@@H](O)[C@H](O[C@@H]6OC[C@H](O)[C@H](O)[C@H]6O[C@@H]6O[C@H](CO)[C@@H](O)[C@H](O)[C@H]6O)[C@H]5O[C@@H]5O[C@H](CO)[C@H](O)[C@H](O)[C@H]5O)[C@@](C)(CO)[C@@H]4CC[C@]32C)[C@@H]2CC(C)(C)C[C@H](O)[C@]12CO. The van der Waals surface area contributed by atoms with E-state index in [1.807, 2.05) is 6.92 Å². The minimum atomic E-state index is -2.28. The van der Waals surface area contributed by atoms with Gasteiger partial charge in [0.25, 0.3) is 0 Å². The van der Waals surface area contributed by atoms with Crippen molar-refractivity contribution in [3.05, 3.63) is 23.3 Å². The summed E-state index contributed by atoms with van der Waals surface area (Å²) >= 11 is 0. The molecule has 30 atom stereocenters. The van der Waals surface area contributed by atoms with E-state index in [2.05, 4.69) is 40.7 Å². The van der Waals surface area contributed by atoms with Crippen LogP contribution in [0.4, 0.5) is 0 Å². The first-order valence-corrected chi connectivity index (χ1v) is 29.6. The Morgan fingerprint density at radius 2 is 1.23 bits per heavy atom. The van der Waals surface area contributed by atoms with Crippen LogP contribution in [-0.4, -0.2) is 257 Å². The smallest absolute Gasteiger partial charge is 0.335 e. The zero-order chi connectivity index (χ0) is 61.7. The topological polar surface area (TPSA) is 421 Å². The molecule has 9 aliphatic rings. The van der Waals surface area contributed by atoms with Crippen molar-refractivity contribution in [1.29, 1.82) is 0 Å². The number of hydrogen-bond acceptors (Lipinski definition) is 25. The summed E-state index contributed by atoms with van der Waals surface area (Å²) in [6.07, 6.45) is -32.0. The number of fused-ring (bicyclic) bond motifs is 7. The van der Waals surface area contributed by atoms with Crippen LogP contribution in [0, 0.1) is 50.2 Å². The molecule has 4 heterocycles. The van der Waals surface area contributed by atoms with Gasteiger partial charge in [-0.05, 0) is 105 Å². The van der Waals surface area contributed by atoms with Gasteiger partial charge < -0.3 is 119 Å². The number of ether oxygens (including phenoxy) is 9. The molecule has 0 spiro atoms. The Kier molecular flexibility index (Phi) is 19.2. The van der Waals surface area contributed by atoms with Crippen molar-refractivity contribution >= 4 is 11.9 Å². The van der Waals surface area contributed by atoms with Gasteiger partial charge in [-0.3, -0.25) is 0 Å². The van der Waals surface area contributed by atoms with Gasteiger partial charge in [0.05, 0.1) is 50.7 Å². The number of aliphatic hydroxyl groups is 14. The number of esters is 1. The molecule has 0 bridgehead atoms. The van der Waals surface area contributed by atoms with Crippen LogP contribution >= 0.6 is 0 Å². The quantitative estimate of drug-likeness (QED) is 0.0352. The molecule has 0 radical (unpaired) electrons. The van der Waals surface area contributed by atoms with Crippen molar-refractivity contribution in [2.24, 2.45) is 50.2 Å². The molecule has 0 aromatic carbocycles. The maximum atomic E-state index is 13.8. The highest BCUT2D eigenvalue weighted by atomic mass is 16.8. The third-order valence-corrected chi connectivity index (χ3v) is 22.3. The first kappa shape index (κ1) is 66.0. The summed E-state index contributed by atoms with van der Waals surface area (Å²) in [7, 11) is 0. The number of carbonyl (C=O) groups is 2. The maximum Gasteiger partial charge on any atom is 0.335 e. The number of carbonyl (C=O) groups excluding carboxylic acids is 1.